The van der Waals surface area contributed by atoms with E-state index < -0.39 is 0 Å². The molecule has 0 saturated heterocycles. The summed E-state index contributed by atoms with van der Waals surface area (Å²) in [6.07, 6.45) is 1.89. The van der Waals surface area contributed by atoms with Gasteiger partial charge < -0.3 is 10.4 Å². The topological polar surface area (TPSA) is 75.1 Å². The lowest BCUT2D eigenvalue weighted by Crippen LogP contribution is -2.21. The highest BCUT2D eigenvalue weighted by Gasteiger charge is 2.09. The molecule has 0 fully saturated rings. The van der Waals surface area contributed by atoms with Crippen molar-refractivity contribution in [2.75, 3.05) is 6.61 Å². The van der Waals surface area contributed by atoms with Crippen molar-refractivity contribution in [3.63, 3.8) is 0 Å². The molecule has 0 radical (unpaired) electrons. The molecule has 2 heterocycles. The number of nitrogens with one attached hydrogen (secondary N) is 1. The third-order valence-corrected chi connectivity index (χ3v) is 3.78. The number of aromatic nitrogens is 2. The fourth-order valence-corrected chi connectivity index (χ4v) is 2.52. The van der Waals surface area contributed by atoms with E-state index in [0.29, 0.717) is 17.8 Å². The Kier molecular flexibility index (Phi) is 5.03. The molecule has 98 valence electrons. The number of carbonyl (C=O) groups excluding carboxylic acids is 1. The van der Waals surface area contributed by atoms with Gasteiger partial charge in [0.1, 0.15) is 4.88 Å². The van der Waals surface area contributed by atoms with E-state index in [-0.39, 0.29) is 12.5 Å². The summed E-state index contributed by atoms with van der Waals surface area (Å²) in [5, 5.41) is 17.0. The van der Waals surface area contributed by atoms with Crippen LogP contribution in [-0.2, 0) is 6.54 Å². The number of aliphatic hydroxyl groups is 1. The molecule has 0 unspecified atom stereocenters. The minimum absolute atomic E-state index is 0.0571. The molecular weight excluding hydrogens is 282 g/mol. The highest BCUT2D eigenvalue weighted by Crippen LogP contribution is 2.15. The Balaban J connectivity index is 1.95. The zero-order chi connectivity index (χ0) is 13.5. The van der Waals surface area contributed by atoms with Gasteiger partial charge in [0.15, 0.2) is 0 Å². The van der Waals surface area contributed by atoms with Crippen LogP contribution < -0.4 is 5.32 Å². The largest absolute Gasteiger partial charge is 0.395 e. The monoisotopic (exact) mass is 293 g/mol. The van der Waals surface area contributed by atoms with Crippen LogP contribution in [0.1, 0.15) is 26.5 Å². The molecule has 7 heteroatoms. The molecule has 0 bridgehead atoms. The lowest BCUT2D eigenvalue weighted by atomic mass is 10.2. The summed E-state index contributed by atoms with van der Waals surface area (Å²) in [7, 11) is 0. The molecule has 0 spiro atoms. The van der Waals surface area contributed by atoms with Gasteiger partial charge in [-0.2, -0.15) is 0 Å². The molecule has 0 aliphatic rings. The molecule has 2 aromatic heterocycles. The first-order valence-electron chi connectivity index (χ1n) is 5.53. The average molecular weight is 293 g/mol. The Morgan fingerprint density at radius 3 is 3.16 bits per heavy atom. The Morgan fingerprint density at radius 1 is 1.53 bits per heavy atom. The maximum Gasteiger partial charge on any atom is 0.264 e. The van der Waals surface area contributed by atoms with Gasteiger partial charge in [0, 0.05) is 16.9 Å². The third kappa shape index (κ3) is 3.86. The summed E-state index contributed by atoms with van der Waals surface area (Å²) >= 11 is 2.60. The van der Waals surface area contributed by atoms with E-state index in [9.17, 15) is 4.79 Å². The average Bonchev–Trinajstić information content (AvgIpc) is 3.08. The summed E-state index contributed by atoms with van der Waals surface area (Å²) < 4.78 is 3.64. The van der Waals surface area contributed by atoms with Crippen molar-refractivity contribution in [3.05, 3.63) is 33.0 Å². The molecule has 2 aromatic rings. The fourth-order valence-electron chi connectivity index (χ4n) is 1.32. The zero-order valence-electron chi connectivity index (χ0n) is 9.92. The van der Waals surface area contributed by atoms with Gasteiger partial charge in [0.25, 0.3) is 5.91 Å². The van der Waals surface area contributed by atoms with Gasteiger partial charge in [-0.05, 0) is 23.0 Å². The lowest BCUT2D eigenvalue weighted by molar-refractivity contribution is 0.0955. The lowest BCUT2D eigenvalue weighted by Gasteiger charge is -2.01. The van der Waals surface area contributed by atoms with Crippen molar-refractivity contribution in [2.24, 2.45) is 0 Å². The van der Waals surface area contributed by atoms with E-state index in [1.54, 1.807) is 0 Å². The van der Waals surface area contributed by atoms with Gasteiger partial charge in [-0.1, -0.05) is 16.3 Å². The Bertz CT molecular complexity index is 596. The van der Waals surface area contributed by atoms with E-state index in [4.69, 9.17) is 5.11 Å². The molecule has 2 N–H and O–H groups in total. The number of hydrogen-bond donors (Lipinski definition) is 2. The number of amides is 1. The highest BCUT2D eigenvalue weighted by atomic mass is 32.1. The second-order valence-electron chi connectivity index (χ2n) is 3.50. The molecule has 5 nitrogen and oxygen atoms in total. The van der Waals surface area contributed by atoms with Gasteiger partial charge >= 0.3 is 0 Å². The van der Waals surface area contributed by atoms with Gasteiger partial charge in [-0.3, -0.25) is 4.79 Å². The van der Waals surface area contributed by atoms with Gasteiger partial charge in [0.05, 0.1) is 19.3 Å². The first-order chi connectivity index (χ1) is 9.31. The smallest absolute Gasteiger partial charge is 0.264 e. The van der Waals surface area contributed by atoms with Crippen molar-refractivity contribution in [3.8, 4) is 11.8 Å². The number of thiophene rings is 1. The quantitative estimate of drug-likeness (QED) is 0.832. The molecule has 1 amide bonds. The molecule has 19 heavy (non-hydrogen) atoms. The number of carbonyl (C=O) groups is 1. The van der Waals surface area contributed by atoms with Crippen LogP contribution in [0.4, 0.5) is 0 Å². The molecular formula is C12H11N3O2S2. The normalized spacial score (nSPS) is 9.74. The van der Waals surface area contributed by atoms with Gasteiger partial charge in [-0.25, -0.2) is 0 Å². The van der Waals surface area contributed by atoms with E-state index in [1.807, 2.05) is 11.4 Å². The predicted octanol–water partition coefficient (Wildman–Crippen LogP) is 1.26. The maximum absolute atomic E-state index is 11.7. The van der Waals surface area contributed by atoms with E-state index in [2.05, 4.69) is 26.7 Å². The first-order valence-corrected chi connectivity index (χ1v) is 7.18. The predicted molar refractivity (Wildman–Crippen MR) is 74.0 cm³/mol. The molecule has 0 aromatic carbocycles. The Hall–Kier alpha value is -1.75. The SMILES string of the molecule is O=C(NCc1sccc1C#CCCO)c1cnns1. The second kappa shape index (κ2) is 6.99. The Labute approximate surface area is 118 Å². The summed E-state index contributed by atoms with van der Waals surface area (Å²) in [4.78, 5) is 13.2. The molecule has 2 rings (SSSR count). The second-order valence-corrected chi connectivity index (χ2v) is 5.28. The van der Waals surface area contributed by atoms with Crippen LogP contribution in [0.5, 0.6) is 0 Å². The van der Waals surface area contributed by atoms with Crippen molar-refractivity contribution < 1.29 is 9.90 Å². The number of hydrogen-bond acceptors (Lipinski definition) is 6. The van der Waals surface area contributed by atoms with Crippen LogP contribution in [0.3, 0.4) is 0 Å². The van der Waals surface area contributed by atoms with Gasteiger partial charge in [-0.15, -0.1) is 16.4 Å². The van der Waals surface area contributed by atoms with Gasteiger partial charge in [0.2, 0.25) is 0 Å². The van der Waals surface area contributed by atoms with Crippen LogP contribution >= 0.6 is 22.9 Å². The van der Waals surface area contributed by atoms with Crippen LogP contribution in [0, 0.1) is 11.8 Å². The minimum atomic E-state index is -0.183. The number of rotatable bonds is 4. The minimum Gasteiger partial charge on any atom is -0.395 e. The zero-order valence-corrected chi connectivity index (χ0v) is 11.6. The van der Waals surface area contributed by atoms with Crippen molar-refractivity contribution >= 4 is 28.8 Å². The standard InChI is InChI=1S/C12H11N3O2S2/c16-5-2-1-3-9-4-6-18-10(9)7-13-12(17)11-8-14-15-19-11/h4,6,8,16H,2,5,7H2,(H,13,17). The third-order valence-electron chi connectivity index (χ3n) is 2.20. The van der Waals surface area contributed by atoms with Crippen molar-refractivity contribution in [1.29, 1.82) is 0 Å². The number of nitrogens with zero attached hydrogens (tertiary/aromatic N) is 2. The van der Waals surface area contributed by atoms with Crippen LogP contribution in [0.2, 0.25) is 0 Å². The number of aliphatic hydroxyl groups excluding tert-OH is 1. The van der Waals surface area contributed by atoms with Crippen molar-refractivity contribution in [2.45, 2.75) is 13.0 Å². The highest BCUT2D eigenvalue weighted by molar-refractivity contribution is 7.10. The van der Waals surface area contributed by atoms with E-state index >= 15 is 0 Å². The fraction of sp³-hybridized carbons (Fsp3) is 0.250. The molecule has 0 atom stereocenters. The van der Waals surface area contributed by atoms with E-state index in [0.717, 1.165) is 22.0 Å². The molecule has 0 aliphatic heterocycles. The Morgan fingerprint density at radius 2 is 2.42 bits per heavy atom. The van der Waals surface area contributed by atoms with Crippen molar-refractivity contribution in [1.82, 2.24) is 14.9 Å². The summed E-state index contributed by atoms with van der Waals surface area (Å²) in [5.74, 6) is 5.67. The molecule has 0 saturated carbocycles. The van der Waals surface area contributed by atoms with Crippen LogP contribution in [-0.4, -0.2) is 27.2 Å². The first kappa shape index (κ1) is 13.7. The summed E-state index contributed by atoms with van der Waals surface area (Å²) in [6.45, 7) is 0.485. The van der Waals surface area contributed by atoms with Crippen LogP contribution in [0.15, 0.2) is 17.6 Å². The molecule has 0 aliphatic carbocycles. The summed E-state index contributed by atoms with van der Waals surface area (Å²) in [6, 6.07) is 1.91. The summed E-state index contributed by atoms with van der Waals surface area (Å²) in [5.41, 5.74) is 0.890. The van der Waals surface area contributed by atoms with E-state index in [1.165, 1.54) is 17.5 Å². The maximum atomic E-state index is 11.7. The van der Waals surface area contributed by atoms with Crippen LogP contribution in [0.25, 0.3) is 0 Å².